The van der Waals surface area contributed by atoms with Crippen molar-refractivity contribution >= 4 is 21.9 Å². The Morgan fingerprint density at radius 1 is 1.00 bits per heavy atom. The van der Waals surface area contributed by atoms with E-state index in [1.165, 1.54) is 28.6 Å². The Morgan fingerprint density at radius 2 is 1.64 bits per heavy atom. The molecule has 8 nitrogen and oxygen atoms in total. The first-order chi connectivity index (χ1) is 11.9. The van der Waals surface area contributed by atoms with Gasteiger partial charge in [0, 0.05) is 32.4 Å². The molecule has 2 heterocycles. The summed E-state index contributed by atoms with van der Waals surface area (Å²) in [5.41, 5.74) is 0.501. The van der Waals surface area contributed by atoms with E-state index in [1.54, 1.807) is 23.2 Å². The monoisotopic (exact) mass is 363 g/mol. The summed E-state index contributed by atoms with van der Waals surface area (Å²) >= 11 is 0. The number of carboxylic acid groups (broad SMARTS) is 1. The third-order valence-corrected chi connectivity index (χ3v) is 6.01. The fourth-order valence-corrected chi connectivity index (χ4v) is 4.11. The van der Waals surface area contributed by atoms with Crippen LogP contribution in [0.4, 0.5) is 0 Å². The van der Waals surface area contributed by atoms with Crippen molar-refractivity contribution in [3.8, 4) is 0 Å². The Hall–Kier alpha value is -2.65. The molecule has 0 saturated carbocycles. The largest absolute Gasteiger partial charge is 0.478 e. The molecule has 2 aromatic rings. The standard InChI is InChI=1S/C16H17N3O5S/c20-15(14-2-1-7-17-14)18-8-10-19(11-9-18)25(23,24)13-5-3-12(4-6-13)16(21)22/h1-7,17H,8-11H2,(H,21,22). The van der Waals surface area contributed by atoms with Gasteiger partial charge in [0.1, 0.15) is 5.69 Å². The lowest BCUT2D eigenvalue weighted by Gasteiger charge is -2.33. The molecule has 25 heavy (non-hydrogen) atoms. The minimum Gasteiger partial charge on any atom is -0.478 e. The van der Waals surface area contributed by atoms with Gasteiger partial charge < -0.3 is 15.0 Å². The number of carboxylic acids is 1. The molecule has 1 aliphatic rings. The van der Waals surface area contributed by atoms with E-state index >= 15 is 0 Å². The van der Waals surface area contributed by atoms with Crippen molar-refractivity contribution in [2.24, 2.45) is 0 Å². The number of carbonyl (C=O) groups is 2. The fraction of sp³-hybridized carbons (Fsp3) is 0.250. The number of nitrogens with one attached hydrogen (secondary N) is 1. The second kappa shape index (κ2) is 6.69. The number of hydrogen-bond donors (Lipinski definition) is 2. The van der Waals surface area contributed by atoms with Crippen LogP contribution in [0.15, 0.2) is 47.5 Å². The van der Waals surface area contributed by atoms with Crippen LogP contribution in [0.3, 0.4) is 0 Å². The summed E-state index contributed by atoms with van der Waals surface area (Å²) in [5.74, 6) is -1.27. The number of nitrogens with zero attached hydrogens (tertiary/aromatic N) is 2. The summed E-state index contributed by atoms with van der Waals surface area (Å²) in [6.07, 6.45) is 1.66. The second-order valence-corrected chi connectivity index (χ2v) is 7.55. The molecule has 0 spiro atoms. The van der Waals surface area contributed by atoms with Gasteiger partial charge in [0.25, 0.3) is 5.91 Å². The van der Waals surface area contributed by atoms with Crippen molar-refractivity contribution in [1.82, 2.24) is 14.2 Å². The van der Waals surface area contributed by atoms with Gasteiger partial charge in [0.2, 0.25) is 10.0 Å². The zero-order valence-corrected chi connectivity index (χ0v) is 14.1. The van der Waals surface area contributed by atoms with E-state index in [9.17, 15) is 18.0 Å². The third kappa shape index (κ3) is 3.42. The van der Waals surface area contributed by atoms with Crippen LogP contribution in [0.1, 0.15) is 20.8 Å². The van der Waals surface area contributed by atoms with Crippen LogP contribution in [-0.4, -0.2) is 65.8 Å². The number of piperazine rings is 1. The Morgan fingerprint density at radius 3 is 2.16 bits per heavy atom. The lowest BCUT2D eigenvalue weighted by Crippen LogP contribution is -2.50. The van der Waals surface area contributed by atoms with Crippen LogP contribution in [-0.2, 0) is 10.0 Å². The second-order valence-electron chi connectivity index (χ2n) is 5.61. The summed E-state index contributed by atoms with van der Waals surface area (Å²) < 4.78 is 26.6. The minimum absolute atomic E-state index is 0.0281. The maximum absolute atomic E-state index is 12.6. The zero-order valence-electron chi connectivity index (χ0n) is 13.3. The van der Waals surface area contributed by atoms with E-state index in [2.05, 4.69) is 4.98 Å². The van der Waals surface area contributed by atoms with Gasteiger partial charge in [0.15, 0.2) is 0 Å². The average Bonchev–Trinajstić information content (AvgIpc) is 3.16. The molecule has 3 rings (SSSR count). The van der Waals surface area contributed by atoms with Gasteiger partial charge in [0.05, 0.1) is 10.5 Å². The van der Waals surface area contributed by atoms with E-state index in [4.69, 9.17) is 5.11 Å². The first-order valence-corrected chi connectivity index (χ1v) is 9.10. The topological polar surface area (TPSA) is 111 Å². The van der Waals surface area contributed by atoms with Gasteiger partial charge in [-0.2, -0.15) is 4.31 Å². The SMILES string of the molecule is O=C(O)c1ccc(S(=O)(=O)N2CCN(C(=O)c3ccc[nH]3)CC2)cc1. The van der Waals surface area contributed by atoms with Gasteiger partial charge in [-0.1, -0.05) is 0 Å². The normalized spacial score (nSPS) is 15.9. The fourth-order valence-electron chi connectivity index (χ4n) is 2.68. The highest BCUT2D eigenvalue weighted by Gasteiger charge is 2.30. The molecule has 9 heteroatoms. The molecule has 1 aliphatic heterocycles. The van der Waals surface area contributed by atoms with Crippen LogP contribution in [0.25, 0.3) is 0 Å². The number of aromatic amines is 1. The Labute approximate surface area is 144 Å². The molecular weight excluding hydrogens is 346 g/mol. The maximum Gasteiger partial charge on any atom is 0.335 e. The lowest BCUT2D eigenvalue weighted by atomic mass is 10.2. The number of benzene rings is 1. The molecule has 1 saturated heterocycles. The number of aromatic carboxylic acids is 1. The molecule has 0 atom stereocenters. The van der Waals surface area contributed by atoms with Crippen molar-refractivity contribution in [3.63, 3.8) is 0 Å². The van der Waals surface area contributed by atoms with E-state index in [0.29, 0.717) is 18.8 Å². The van der Waals surface area contributed by atoms with Crippen LogP contribution in [0.5, 0.6) is 0 Å². The maximum atomic E-state index is 12.6. The van der Waals surface area contributed by atoms with E-state index in [0.717, 1.165) is 0 Å². The first kappa shape index (κ1) is 17.2. The molecular formula is C16H17N3O5S. The van der Waals surface area contributed by atoms with E-state index in [-0.39, 0.29) is 29.5 Å². The predicted octanol–water partition coefficient (Wildman–Crippen LogP) is 0.860. The van der Waals surface area contributed by atoms with Crippen molar-refractivity contribution in [2.45, 2.75) is 4.90 Å². The third-order valence-electron chi connectivity index (χ3n) is 4.09. The van der Waals surface area contributed by atoms with Crippen molar-refractivity contribution in [1.29, 1.82) is 0 Å². The minimum atomic E-state index is -3.71. The molecule has 1 aromatic carbocycles. The smallest absolute Gasteiger partial charge is 0.335 e. The van der Waals surface area contributed by atoms with Crippen LogP contribution in [0.2, 0.25) is 0 Å². The van der Waals surface area contributed by atoms with Crippen molar-refractivity contribution < 1.29 is 23.1 Å². The molecule has 1 amide bonds. The number of rotatable bonds is 4. The molecule has 0 radical (unpaired) electrons. The van der Waals surface area contributed by atoms with E-state index in [1.807, 2.05) is 0 Å². The Kier molecular flexibility index (Phi) is 4.60. The lowest BCUT2D eigenvalue weighted by molar-refractivity contribution is 0.0687. The van der Waals surface area contributed by atoms with Crippen LogP contribution < -0.4 is 0 Å². The predicted molar refractivity (Wildman–Crippen MR) is 88.9 cm³/mol. The highest BCUT2D eigenvalue weighted by Crippen LogP contribution is 2.19. The number of hydrogen-bond acceptors (Lipinski definition) is 4. The molecule has 0 unspecified atom stereocenters. The molecule has 132 valence electrons. The van der Waals surface area contributed by atoms with Crippen molar-refractivity contribution in [2.75, 3.05) is 26.2 Å². The first-order valence-electron chi connectivity index (χ1n) is 7.66. The zero-order chi connectivity index (χ0) is 18.0. The molecule has 1 aromatic heterocycles. The summed E-state index contributed by atoms with van der Waals surface area (Å²) in [4.78, 5) is 27.6. The summed E-state index contributed by atoms with van der Waals surface area (Å²) in [6, 6.07) is 8.51. The van der Waals surface area contributed by atoms with Gasteiger partial charge >= 0.3 is 5.97 Å². The van der Waals surface area contributed by atoms with Gasteiger partial charge in [-0.15, -0.1) is 0 Å². The molecule has 2 N–H and O–H groups in total. The molecule has 1 fully saturated rings. The summed E-state index contributed by atoms with van der Waals surface area (Å²) in [5, 5.41) is 8.89. The number of H-pyrrole nitrogens is 1. The Balaban J connectivity index is 1.69. The quantitative estimate of drug-likeness (QED) is 0.837. The number of aromatic nitrogens is 1. The van der Waals surface area contributed by atoms with Gasteiger partial charge in [-0.3, -0.25) is 4.79 Å². The van der Waals surface area contributed by atoms with Gasteiger partial charge in [-0.25, -0.2) is 13.2 Å². The number of sulfonamides is 1. The number of amides is 1. The van der Waals surface area contributed by atoms with Gasteiger partial charge in [-0.05, 0) is 36.4 Å². The Bertz CT molecular complexity index is 867. The molecule has 0 bridgehead atoms. The summed E-state index contributed by atoms with van der Waals surface area (Å²) in [7, 11) is -3.71. The van der Waals surface area contributed by atoms with Crippen molar-refractivity contribution in [3.05, 3.63) is 53.9 Å². The number of carbonyl (C=O) groups excluding carboxylic acids is 1. The van der Waals surface area contributed by atoms with E-state index < -0.39 is 16.0 Å². The molecule has 0 aliphatic carbocycles. The summed E-state index contributed by atoms with van der Waals surface area (Å²) in [6.45, 7) is 0.972. The van der Waals surface area contributed by atoms with Crippen LogP contribution in [0, 0.1) is 0 Å². The highest BCUT2D eigenvalue weighted by molar-refractivity contribution is 7.89. The average molecular weight is 363 g/mol. The highest BCUT2D eigenvalue weighted by atomic mass is 32.2. The van der Waals surface area contributed by atoms with Crippen LogP contribution >= 0.6 is 0 Å².